The summed E-state index contributed by atoms with van der Waals surface area (Å²) in [5.41, 5.74) is 3.52. The van der Waals surface area contributed by atoms with E-state index in [9.17, 15) is 5.11 Å². The Balaban J connectivity index is 1.88. The van der Waals surface area contributed by atoms with Gasteiger partial charge in [0.2, 0.25) is 0 Å². The average molecular weight is 354 g/mol. The number of methoxy groups -OCH3 is 2. The third-order valence-electron chi connectivity index (χ3n) is 4.16. The van der Waals surface area contributed by atoms with Crippen LogP contribution < -0.4 is 9.47 Å². The van der Waals surface area contributed by atoms with E-state index in [4.69, 9.17) is 14.0 Å². The van der Waals surface area contributed by atoms with Gasteiger partial charge >= 0.3 is 0 Å². The molecule has 0 saturated carbocycles. The van der Waals surface area contributed by atoms with Gasteiger partial charge in [0.05, 0.1) is 19.9 Å². The molecule has 0 fully saturated rings. The lowest BCUT2D eigenvalue weighted by Gasteiger charge is -2.17. The number of phenols is 1. The van der Waals surface area contributed by atoms with Crippen molar-refractivity contribution >= 4 is 0 Å². The quantitative estimate of drug-likeness (QED) is 0.698. The Labute approximate surface area is 152 Å². The fraction of sp³-hybridized carbons (Fsp3) is 0.250. The Bertz CT molecular complexity index is 862. The van der Waals surface area contributed by atoms with Gasteiger partial charge in [-0.1, -0.05) is 11.2 Å². The highest BCUT2D eigenvalue weighted by atomic mass is 16.5. The highest BCUT2D eigenvalue weighted by Gasteiger charge is 2.12. The summed E-state index contributed by atoms with van der Waals surface area (Å²) < 4.78 is 15.7. The SMILES string of the molecule is COc1ccc(OC)c(-c2ccc(O)c(CN(C)Cc3ccon3)c2)c1. The zero-order valence-electron chi connectivity index (χ0n) is 15.1. The Kier molecular flexibility index (Phi) is 5.43. The first-order valence-corrected chi connectivity index (χ1v) is 8.23. The van der Waals surface area contributed by atoms with Crippen molar-refractivity contribution in [2.75, 3.05) is 21.3 Å². The molecule has 0 radical (unpaired) electrons. The number of aromatic hydroxyl groups is 1. The first-order chi connectivity index (χ1) is 12.6. The highest BCUT2D eigenvalue weighted by Crippen LogP contribution is 2.35. The van der Waals surface area contributed by atoms with Gasteiger partial charge in [0.25, 0.3) is 0 Å². The topological polar surface area (TPSA) is 68.0 Å². The Morgan fingerprint density at radius 1 is 1.04 bits per heavy atom. The first kappa shape index (κ1) is 17.8. The van der Waals surface area contributed by atoms with Gasteiger partial charge in [0.1, 0.15) is 23.5 Å². The minimum Gasteiger partial charge on any atom is -0.508 e. The highest BCUT2D eigenvalue weighted by molar-refractivity contribution is 5.73. The lowest BCUT2D eigenvalue weighted by atomic mass is 10.0. The van der Waals surface area contributed by atoms with Crippen LogP contribution in [0.2, 0.25) is 0 Å². The van der Waals surface area contributed by atoms with Gasteiger partial charge in [-0.05, 0) is 42.9 Å². The lowest BCUT2D eigenvalue weighted by molar-refractivity contribution is 0.299. The third-order valence-corrected chi connectivity index (χ3v) is 4.16. The maximum Gasteiger partial charge on any atom is 0.126 e. The van der Waals surface area contributed by atoms with Crippen molar-refractivity contribution in [2.45, 2.75) is 13.1 Å². The number of benzene rings is 2. The van der Waals surface area contributed by atoms with Gasteiger partial charge in [0, 0.05) is 30.3 Å². The van der Waals surface area contributed by atoms with Crippen LogP contribution in [0.3, 0.4) is 0 Å². The molecule has 0 bridgehead atoms. The molecule has 0 aliphatic rings. The Morgan fingerprint density at radius 3 is 2.58 bits per heavy atom. The summed E-state index contributed by atoms with van der Waals surface area (Å²) in [7, 11) is 5.23. The number of nitrogens with zero attached hydrogens (tertiary/aromatic N) is 2. The maximum atomic E-state index is 10.3. The molecule has 0 spiro atoms. The van der Waals surface area contributed by atoms with E-state index in [0.29, 0.717) is 13.1 Å². The molecule has 0 aliphatic carbocycles. The van der Waals surface area contributed by atoms with Crippen molar-refractivity contribution in [1.82, 2.24) is 10.1 Å². The molecule has 6 heteroatoms. The molecule has 26 heavy (non-hydrogen) atoms. The smallest absolute Gasteiger partial charge is 0.126 e. The van der Waals surface area contributed by atoms with Crippen LogP contribution in [0.5, 0.6) is 17.2 Å². The van der Waals surface area contributed by atoms with Crippen molar-refractivity contribution in [3.8, 4) is 28.4 Å². The zero-order chi connectivity index (χ0) is 18.5. The van der Waals surface area contributed by atoms with Crippen LogP contribution in [-0.2, 0) is 13.1 Å². The van der Waals surface area contributed by atoms with E-state index in [1.165, 1.54) is 0 Å². The van der Waals surface area contributed by atoms with Gasteiger partial charge < -0.3 is 19.1 Å². The predicted molar refractivity (Wildman–Crippen MR) is 98.3 cm³/mol. The van der Waals surface area contributed by atoms with E-state index in [1.807, 2.05) is 43.4 Å². The summed E-state index contributed by atoms with van der Waals surface area (Å²) >= 11 is 0. The monoisotopic (exact) mass is 354 g/mol. The molecule has 2 aromatic carbocycles. The molecule has 0 atom stereocenters. The second kappa shape index (κ2) is 7.93. The fourth-order valence-corrected chi connectivity index (χ4v) is 2.86. The van der Waals surface area contributed by atoms with Crippen molar-refractivity contribution in [3.05, 3.63) is 60.0 Å². The number of ether oxygens (including phenoxy) is 2. The van der Waals surface area contributed by atoms with Crippen LogP contribution in [0.4, 0.5) is 0 Å². The summed E-state index contributed by atoms with van der Waals surface area (Å²) in [5, 5.41) is 14.2. The molecule has 6 nitrogen and oxygen atoms in total. The van der Waals surface area contributed by atoms with Crippen molar-refractivity contribution in [1.29, 1.82) is 0 Å². The summed E-state index contributed by atoms with van der Waals surface area (Å²) in [4.78, 5) is 2.06. The largest absolute Gasteiger partial charge is 0.508 e. The number of aromatic nitrogens is 1. The summed E-state index contributed by atoms with van der Waals surface area (Å²) in [6.07, 6.45) is 1.55. The minimum absolute atomic E-state index is 0.252. The summed E-state index contributed by atoms with van der Waals surface area (Å²) in [5.74, 6) is 1.75. The van der Waals surface area contributed by atoms with E-state index in [2.05, 4.69) is 10.1 Å². The fourth-order valence-electron chi connectivity index (χ4n) is 2.86. The van der Waals surface area contributed by atoms with E-state index in [1.54, 1.807) is 26.5 Å². The molecule has 0 amide bonds. The Morgan fingerprint density at radius 2 is 1.88 bits per heavy atom. The number of rotatable bonds is 7. The molecule has 1 aromatic heterocycles. The lowest BCUT2D eigenvalue weighted by Crippen LogP contribution is -2.17. The zero-order valence-corrected chi connectivity index (χ0v) is 15.1. The molecule has 0 unspecified atom stereocenters. The molecular weight excluding hydrogens is 332 g/mol. The minimum atomic E-state index is 0.252. The molecule has 1 heterocycles. The van der Waals surface area contributed by atoms with E-state index in [0.717, 1.165) is 33.9 Å². The van der Waals surface area contributed by atoms with Gasteiger partial charge in [-0.3, -0.25) is 4.90 Å². The molecule has 3 aromatic rings. The standard InChI is InChI=1S/C20H22N2O4/c1-22(13-16-8-9-26-21-16)12-15-10-14(4-6-19(15)23)18-11-17(24-2)5-7-20(18)25-3/h4-11,23H,12-13H2,1-3H3. The van der Waals surface area contributed by atoms with E-state index >= 15 is 0 Å². The number of hydrogen-bond acceptors (Lipinski definition) is 6. The third kappa shape index (κ3) is 3.97. The van der Waals surface area contributed by atoms with E-state index in [-0.39, 0.29) is 5.75 Å². The first-order valence-electron chi connectivity index (χ1n) is 8.23. The molecule has 0 saturated heterocycles. The summed E-state index contributed by atoms with van der Waals surface area (Å²) in [6, 6.07) is 13.0. The molecule has 0 aliphatic heterocycles. The van der Waals surface area contributed by atoms with Crippen LogP contribution in [0.1, 0.15) is 11.3 Å². The average Bonchev–Trinajstić information content (AvgIpc) is 3.15. The summed E-state index contributed by atoms with van der Waals surface area (Å²) in [6.45, 7) is 1.20. The second-order valence-corrected chi connectivity index (χ2v) is 6.07. The Hall–Kier alpha value is -2.99. The molecule has 3 rings (SSSR count). The van der Waals surface area contributed by atoms with Crippen molar-refractivity contribution in [3.63, 3.8) is 0 Å². The predicted octanol–water partition coefficient (Wildman–Crippen LogP) is 3.70. The molecule has 1 N–H and O–H groups in total. The van der Waals surface area contributed by atoms with Crippen LogP contribution in [0, 0.1) is 0 Å². The number of hydrogen-bond donors (Lipinski definition) is 1. The van der Waals surface area contributed by atoms with E-state index < -0.39 is 0 Å². The maximum absolute atomic E-state index is 10.3. The van der Waals surface area contributed by atoms with Gasteiger partial charge in [-0.15, -0.1) is 0 Å². The molecular formula is C20H22N2O4. The molecule has 136 valence electrons. The van der Waals surface area contributed by atoms with Gasteiger partial charge in [0.15, 0.2) is 0 Å². The number of phenolic OH excluding ortho intramolecular Hbond substituents is 1. The van der Waals surface area contributed by atoms with Crippen LogP contribution >= 0.6 is 0 Å². The van der Waals surface area contributed by atoms with Crippen LogP contribution in [-0.4, -0.2) is 36.4 Å². The van der Waals surface area contributed by atoms with Gasteiger partial charge in [-0.2, -0.15) is 0 Å². The van der Waals surface area contributed by atoms with Crippen molar-refractivity contribution in [2.24, 2.45) is 0 Å². The normalized spacial score (nSPS) is 10.9. The van der Waals surface area contributed by atoms with Crippen molar-refractivity contribution < 1.29 is 19.1 Å². The van der Waals surface area contributed by atoms with Gasteiger partial charge in [-0.25, -0.2) is 0 Å². The van der Waals surface area contributed by atoms with Crippen LogP contribution in [0.15, 0.2) is 53.3 Å². The second-order valence-electron chi connectivity index (χ2n) is 6.07. The van der Waals surface area contributed by atoms with Crippen LogP contribution in [0.25, 0.3) is 11.1 Å².